The van der Waals surface area contributed by atoms with Gasteiger partial charge in [0.1, 0.15) is 0 Å². The SMILES string of the molecule is N#CCCC1(CCC#N)CC=C(N)C(=O)C1. The van der Waals surface area contributed by atoms with Crippen LogP contribution < -0.4 is 5.73 Å². The second-order valence-corrected chi connectivity index (χ2v) is 4.28. The van der Waals surface area contributed by atoms with Crippen LogP contribution in [0.4, 0.5) is 0 Å². The lowest BCUT2D eigenvalue weighted by molar-refractivity contribution is -0.118. The number of nitrogens with two attached hydrogens (primary N) is 1. The molecule has 0 heterocycles. The first-order valence-corrected chi connectivity index (χ1v) is 5.36. The van der Waals surface area contributed by atoms with Gasteiger partial charge in [-0.15, -0.1) is 0 Å². The van der Waals surface area contributed by atoms with E-state index in [1.807, 2.05) is 0 Å². The summed E-state index contributed by atoms with van der Waals surface area (Å²) >= 11 is 0. The van der Waals surface area contributed by atoms with Gasteiger partial charge in [-0.05, 0) is 24.7 Å². The van der Waals surface area contributed by atoms with Gasteiger partial charge in [0.25, 0.3) is 0 Å². The fourth-order valence-corrected chi connectivity index (χ4v) is 2.10. The molecule has 4 nitrogen and oxygen atoms in total. The molecule has 0 spiro atoms. The van der Waals surface area contributed by atoms with E-state index in [0.717, 1.165) is 0 Å². The number of allylic oxidation sites excluding steroid dienone is 2. The summed E-state index contributed by atoms with van der Waals surface area (Å²) in [5.74, 6) is -0.0536. The highest BCUT2D eigenvalue weighted by Crippen LogP contribution is 2.41. The van der Waals surface area contributed by atoms with Crippen molar-refractivity contribution in [1.29, 1.82) is 10.5 Å². The van der Waals surface area contributed by atoms with Crippen LogP contribution in [0.5, 0.6) is 0 Å². The van der Waals surface area contributed by atoms with Gasteiger partial charge in [0.2, 0.25) is 0 Å². The van der Waals surface area contributed by atoms with E-state index in [4.69, 9.17) is 16.3 Å². The van der Waals surface area contributed by atoms with Crippen molar-refractivity contribution in [2.45, 2.75) is 38.5 Å². The Bertz CT molecular complexity index is 366. The smallest absolute Gasteiger partial charge is 0.178 e. The van der Waals surface area contributed by atoms with Crippen LogP contribution in [-0.2, 0) is 4.79 Å². The third kappa shape index (κ3) is 2.84. The van der Waals surface area contributed by atoms with Gasteiger partial charge in [-0.1, -0.05) is 6.08 Å². The number of hydrogen-bond acceptors (Lipinski definition) is 4. The normalized spacial score (nSPS) is 18.4. The zero-order chi connectivity index (χ0) is 12.0. The van der Waals surface area contributed by atoms with Crippen LogP contribution in [0.25, 0.3) is 0 Å². The molecule has 0 unspecified atom stereocenters. The molecule has 0 saturated carbocycles. The molecule has 0 atom stereocenters. The molecular weight excluding hydrogens is 202 g/mol. The summed E-state index contributed by atoms with van der Waals surface area (Å²) < 4.78 is 0. The second kappa shape index (κ2) is 5.32. The molecular formula is C12H15N3O. The molecule has 1 aliphatic carbocycles. The summed E-state index contributed by atoms with van der Waals surface area (Å²) in [5, 5.41) is 17.2. The highest BCUT2D eigenvalue weighted by molar-refractivity contribution is 5.95. The molecule has 0 aromatic heterocycles. The minimum atomic E-state index is -0.217. The first-order chi connectivity index (χ1) is 7.63. The van der Waals surface area contributed by atoms with Crippen LogP contribution in [0.15, 0.2) is 11.8 Å². The molecule has 0 aliphatic heterocycles. The first-order valence-electron chi connectivity index (χ1n) is 5.36. The van der Waals surface area contributed by atoms with E-state index in [-0.39, 0.29) is 11.2 Å². The summed E-state index contributed by atoms with van der Waals surface area (Å²) in [4.78, 5) is 11.6. The third-order valence-electron chi connectivity index (χ3n) is 3.15. The van der Waals surface area contributed by atoms with Crippen molar-refractivity contribution in [3.05, 3.63) is 11.8 Å². The maximum absolute atomic E-state index is 11.6. The van der Waals surface area contributed by atoms with Gasteiger partial charge in [0, 0.05) is 19.3 Å². The van der Waals surface area contributed by atoms with E-state index < -0.39 is 0 Å². The zero-order valence-corrected chi connectivity index (χ0v) is 9.20. The van der Waals surface area contributed by atoms with E-state index in [1.165, 1.54) is 0 Å². The lowest BCUT2D eigenvalue weighted by Gasteiger charge is -2.34. The van der Waals surface area contributed by atoms with Gasteiger partial charge < -0.3 is 5.73 Å². The molecule has 4 heteroatoms. The van der Waals surface area contributed by atoms with Crippen LogP contribution in [0, 0.1) is 28.1 Å². The van der Waals surface area contributed by atoms with E-state index in [2.05, 4.69) is 12.1 Å². The summed E-state index contributed by atoms with van der Waals surface area (Å²) in [7, 11) is 0. The highest BCUT2D eigenvalue weighted by atomic mass is 16.1. The van der Waals surface area contributed by atoms with Gasteiger partial charge in [0.15, 0.2) is 5.78 Å². The van der Waals surface area contributed by atoms with Crippen LogP contribution in [-0.4, -0.2) is 5.78 Å². The Morgan fingerprint density at radius 1 is 1.31 bits per heavy atom. The largest absolute Gasteiger partial charge is 0.396 e. The highest BCUT2D eigenvalue weighted by Gasteiger charge is 2.34. The van der Waals surface area contributed by atoms with Crippen molar-refractivity contribution in [2.24, 2.45) is 11.1 Å². The van der Waals surface area contributed by atoms with E-state index in [0.29, 0.717) is 44.2 Å². The van der Waals surface area contributed by atoms with Crippen molar-refractivity contribution in [1.82, 2.24) is 0 Å². The number of carbonyl (C=O) groups excluding carboxylic acids is 1. The first kappa shape index (κ1) is 12.3. The summed E-state index contributed by atoms with van der Waals surface area (Å²) in [6, 6.07) is 4.19. The fourth-order valence-electron chi connectivity index (χ4n) is 2.10. The average molecular weight is 217 g/mol. The number of hydrogen-bond donors (Lipinski definition) is 1. The topological polar surface area (TPSA) is 90.7 Å². The number of carbonyl (C=O) groups is 1. The van der Waals surface area contributed by atoms with Crippen molar-refractivity contribution in [2.75, 3.05) is 0 Å². The lowest BCUT2D eigenvalue weighted by Crippen LogP contribution is -2.30. The van der Waals surface area contributed by atoms with E-state index in [1.54, 1.807) is 6.08 Å². The Balaban J connectivity index is 2.77. The molecule has 0 fully saturated rings. The number of ketones is 1. The molecule has 0 aromatic carbocycles. The van der Waals surface area contributed by atoms with Crippen molar-refractivity contribution < 1.29 is 4.79 Å². The van der Waals surface area contributed by atoms with Crippen LogP contribution in [0.3, 0.4) is 0 Å². The monoisotopic (exact) mass is 217 g/mol. The molecule has 0 amide bonds. The Hall–Kier alpha value is -1.81. The Morgan fingerprint density at radius 2 is 1.88 bits per heavy atom. The van der Waals surface area contributed by atoms with Gasteiger partial charge in [0.05, 0.1) is 17.8 Å². The molecule has 1 aliphatic rings. The Labute approximate surface area is 95.3 Å². The molecule has 0 bridgehead atoms. The van der Waals surface area contributed by atoms with Crippen molar-refractivity contribution in [3.8, 4) is 12.1 Å². The third-order valence-corrected chi connectivity index (χ3v) is 3.15. The van der Waals surface area contributed by atoms with Crippen LogP contribution in [0.2, 0.25) is 0 Å². The predicted octanol–water partition coefficient (Wildman–Crippen LogP) is 1.79. The van der Waals surface area contributed by atoms with E-state index in [9.17, 15) is 4.79 Å². The van der Waals surface area contributed by atoms with Crippen molar-refractivity contribution in [3.63, 3.8) is 0 Å². The maximum Gasteiger partial charge on any atom is 0.178 e. The van der Waals surface area contributed by atoms with Crippen LogP contribution in [0.1, 0.15) is 38.5 Å². The number of rotatable bonds is 4. The quantitative estimate of drug-likeness (QED) is 0.777. The van der Waals surface area contributed by atoms with Gasteiger partial charge >= 0.3 is 0 Å². The Kier molecular flexibility index (Phi) is 4.08. The van der Waals surface area contributed by atoms with Gasteiger partial charge in [-0.3, -0.25) is 4.79 Å². The minimum Gasteiger partial charge on any atom is -0.396 e. The summed E-state index contributed by atoms with van der Waals surface area (Å²) in [5.41, 5.74) is 5.65. The maximum atomic E-state index is 11.6. The van der Waals surface area contributed by atoms with Gasteiger partial charge in [-0.2, -0.15) is 10.5 Å². The Morgan fingerprint density at radius 3 is 2.31 bits per heavy atom. The molecule has 84 valence electrons. The minimum absolute atomic E-state index is 0.0536. The fraction of sp³-hybridized carbons (Fsp3) is 0.583. The number of Topliss-reactive ketones (excluding diaryl/α,β-unsaturated/α-hetero) is 1. The molecule has 0 radical (unpaired) electrons. The predicted molar refractivity (Wildman–Crippen MR) is 58.6 cm³/mol. The molecule has 0 aromatic rings. The zero-order valence-electron chi connectivity index (χ0n) is 9.20. The number of nitriles is 2. The molecule has 16 heavy (non-hydrogen) atoms. The summed E-state index contributed by atoms with van der Waals surface area (Å²) in [6.07, 6.45) is 4.99. The van der Waals surface area contributed by atoms with Crippen molar-refractivity contribution >= 4 is 5.78 Å². The lowest BCUT2D eigenvalue weighted by atomic mass is 9.70. The van der Waals surface area contributed by atoms with E-state index >= 15 is 0 Å². The second-order valence-electron chi connectivity index (χ2n) is 4.28. The van der Waals surface area contributed by atoms with Crippen LogP contribution >= 0.6 is 0 Å². The molecule has 0 saturated heterocycles. The standard InChI is InChI=1S/C12H15N3O/c13-7-1-4-12(5-2-8-14)6-3-10(15)11(16)9-12/h3H,1-2,4-6,9,15H2. The van der Waals surface area contributed by atoms with Gasteiger partial charge in [-0.25, -0.2) is 0 Å². The molecule has 1 rings (SSSR count). The number of nitrogens with zero attached hydrogens (tertiary/aromatic N) is 2. The molecule has 2 N–H and O–H groups in total. The summed E-state index contributed by atoms with van der Waals surface area (Å²) in [6.45, 7) is 0. The average Bonchev–Trinajstić information content (AvgIpc) is 2.29.